The smallest absolute Gasteiger partial charge is 0.310 e. The minimum Gasteiger partial charge on any atom is -0.469 e. The molecule has 17 heavy (non-hydrogen) atoms. The number of aromatic nitrogens is 1. The molecule has 2 heterocycles. The maximum atomic E-state index is 11.4. The highest BCUT2D eigenvalue weighted by molar-refractivity contribution is 5.72. The summed E-state index contributed by atoms with van der Waals surface area (Å²) >= 11 is 0. The Morgan fingerprint density at radius 1 is 1.65 bits per heavy atom. The molecule has 1 atom stereocenters. The fourth-order valence-corrected chi connectivity index (χ4v) is 2.23. The van der Waals surface area contributed by atoms with Gasteiger partial charge in [-0.15, -0.1) is 0 Å². The van der Waals surface area contributed by atoms with Crippen molar-refractivity contribution < 1.29 is 9.53 Å². The summed E-state index contributed by atoms with van der Waals surface area (Å²) in [5.41, 5.74) is 1.24. The fraction of sp³-hybridized carbons (Fsp3) is 0.538. The second-order valence-electron chi connectivity index (χ2n) is 4.42. The van der Waals surface area contributed by atoms with Gasteiger partial charge in [0.25, 0.3) is 0 Å². The van der Waals surface area contributed by atoms with Gasteiger partial charge in [-0.25, -0.2) is 0 Å². The van der Waals surface area contributed by atoms with Crippen molar-refractivity contribution in [1.29, 1.82) is 0 Å². The first-order valence-electron chi connectivity index (χ1n) is 5.98. The summed E-state index contributed by atoms with van der Waals surface area (Å²) in [5, 5.41) is 0. The highest BCUT2D eigenvalue weighted by atomic mass is 16.5. The Bertz CT molecular complexity index is 367. The molecule has 0 bridgehead atoms. The molecule has 1 aliphatic heterocycles. The molecule has 2 rings (SSSR count). The van der Waals surface area contributed by atoms with E-state index in [1.165, 1.54) is 12.7 Å². The summed E-state index contributed by atoms with van der Waals surface area (Å²) in [4.78, 5) is 17.8. The van der Waals surface area contributed by atoms with E-state index in [1.54, 1.807) is 6.20 Å². The first kappa shape index (κ1) is 12.0. The number of hydrogen-bond donors (Lipinski definition) is 0. The number of pyridine rings is 1. The number of esters is 1. The van der Waals surface area contributed by atoms with Gasteiger partial charge in [0.05, 0.1) is 13.0 Å². The Morgan fingerprint density at radius 3 is 3.24 bits per heavy atom. The van der Waals surface area contributed by atoms with E-state index >= 15 is 0 Å². The van der Waals surface area contributed by atoms with Crippen LogP contribution in [0, 0.1) is 5.92 Å². The van der Waals surface area contributed by atoms with Crippen LogP contribution in [0.3, 0.4) is 0 Å². The molecule has 4 nitrogen and oxygen atoms in total. The van der Waals surface area contributed by atoms with Crippen molar-refractivity contribution in [3.8, 4) is 0 Å². The van der Waals surface area contributed by atoms with Gasteiger partial charge >= 0.3 is 5.97 Å². The van der Waals surface area contributed by atoms with Gasteiger partial charge in [-0.2, -0.15) is 0 Å². The van der Waals surface area contributed by atoms with Gasteiger partial charge in [-0.3, -0.25) is 9.78 Å². The summed E-state index contributed by atoms with van der Waals surface area (Å²) in [6.45, 7) is 2.80. The number of hydrogen-bond acceptors (Lipinski definition) is 4. The van der Waals surface area contributed by atoms with Crippen LogP contribution in [0.15, 0.2) is 24.5 Å². The van der Waals surface area contributed by atoms with Crippen LogP contribution in [0.4, 0.5) is 0 Å². The maximum absolute atomic E-state index is 11.4. The summed E-state index contributed by atoms with van der Waals surface area (Å²) in [6.07, 6.45) is 5.59. The summed E-state index contributed by atoms with van der Waals surface area (Å²) < 4.78 is 4.77. The fourth-order valence-electron chi connectivity index (χ4n) is 2.23. The van der Waals surface area contributed by atoms with E-state index in [0.717, 1.165) is 32.5 Å². The third-order valence-electron chi connectivity index (χ3n) is 3.25. The van der Waals surface area contributed by atoms with E-state index in [0.29, 0.717) is 0 Å². The number of nitrogens with zero attached hydrogens (tertiary/aromatic N) is 2. The molecular formula is C13H18N2O2. The zero-order valence-electron chi connectivity index (χ0n) is 10.1. The van der Waals surface area contributed by atoms with Gasteiger partial charge in [-0.1, -0.05) is 6.07 Å². The topological polar surface area (TPSA) is 42.4 Å². The summed E-state index contributed by atoms with van der Waals surface area (Å²) in [7, 11) is 1.46. The second-order valence-corrected chi connectivity index (χ2v) is 4.42. The van der Waals surface area contributed by atoms with Crippen LogP contribution >= 0.6 is 0 Å². The monoisotopic (exact) mass is 234 g/mol. The lowest BCUT2D eigenvalue weighted by Crippen LogP contribution is -2.25. The van der Waals surface area contributed by atoms with Crippen LogP contribution in [-0.4, -0.2) is 42.6 Å². The number of likely N-dealkylation sites (tertiary alicyclic amines) is 1. The molecule has 92 valence electrons. The lowest BCUT2D eigenvalue weighted by molar-refractivity contribution is -0.144. The molecular weight excluding hydrogens is 216 g/mol. The van der Waals surface area contributed by atoms with E-state index in [1.807, 2.05) is 12.3 Å². The van der Waals surface area contributed by atoms with Crippen LogP contribution < -0.4 is 0 Å². The molecule has 0 aromatic carbocycles. The zero-order chi connectivity index (χ0) is 12.1. The van der Waals surface area contributed by atoms with Crippen LogP contribution in [0.2, 0.25) is 0 Å². The van der Waals surface area contributed by atoms with Crippen molar-refractivity contribution >= 4 is 5.97 Å². The van der Waals surface area contributed by atoms with E-state index in [4.69, 9.17) is 4.74 Å². The lowest BCUT2D eigenvalue weighted by atomic mass is 10.1. The molecule has 1 fully saturated rings. The van der Waals surface area contributed by atoms with Crippen molar-refractivity contribution in [2.45, 2.75) is 12.8 Å². The van der Waals surface area contributed by atoms with Crippen molar-refractivity contribution in [3.05, 3.63) is 30.1 Å². The number of methoxy groups -OCH3 is 1. The van der Waals surface area contributed by atoms with E-state index < -0.39 is 0 Å². The third kappa shape index (κ3) is 3.27. The van der Waals surface area contributed by atoms with Crippen LogP contribution in [0.1, 0.15) is 12.0 Å². The molecule has 0 radical (unpaired) electrons. The van der Waals surface area contributed by atoms with E-state index in [-0.39, 0.29) is 11.9 Å². The largest absolute Gasteiger partial charge is 0.469 e. The highest BCUT2D eigenvalue weighted by Crippen LogP contribution is 2.17. The number of ether oxygens (including phenoxy) is 1. The molecule has 1 aromatic rings. The standard InChI is InChI=1S/C13H18N2O2/c1-17-13(16)12-5-8-15(10-12)7-4-11-3-2-6-14-9-11/h2-3,6,9,12H,4-5,7-8,10H2,1H3. The number of rotatable bonds is 4. The normalized spacial score (nSPS) is 20.4. The van der Waals surface area contributed by atoms with Gasteiger partial charge in [0.1, 0.15) is 0 Å². The predicted octanol–water partition coefficient (Wildman–Crippen LogP) is 1.12. The average Bonchev–Trinajstić information content (AvgIpc) is 2.85. The number of carbonyl (C=O) groups excluding carboxylic acids is 1. The highest BCUT2D eigenvalue weighted by Gasteiger charge is 2.28. The molecule has 0 saturated carbocycles. The minimum absolute atomic E-state index is 0.0638. The minimum atomic E-state index is -0.0751. The second kappa shape index (κ2) is 5.77. The average molecular weight is 234 g/mol. The zero-order valence-corrected chi connectivity index (χ0v) is 10.1. The third-order valence-corrected chi connectivity index (χ3v) is 3.25. The van der Waals surface area contributed by atoms with Crippen molar-refractivity contribution in [2.24, 2.45) is 5.92 Å². The SMILES string of the molecule is COC(=O)C1CCN(CCc2cccnc2)C1. The Kier molecular flexibility index (Phi) is 4.09. The Balaban J connectivity index is 1.77. The molecule has 4 heteroatoms. The molecule has 1 aliphatic rings. The van der Waals surface area contributed by atoms with Gasteiger partial charge in [-0.05, 0) is 31.0 Å². The first-order chi connectivity index (χ1) is 8.29. The van der Waals surface area contributed by atoms with Gasteiger partial charge in [0.15, 0.2) is 0 Å². The molecule has 1 aromatic heterocycles. The van der Waals surface area contributed by atoms with Crippen LogP contribution in [-0.2, 0) is 16.0 Å². The van der Waals surface area contributed by atoms with E-state index in [2.05, 4.69) is 16.0 Å². The molecule has 1 saturated heterocycles. The Morgan fingerprint density at radius 2 is 2.53 bits per heavy atom. The molecule has 1 unspecified atom stereocenters. The number of carbonyl (C=O) groups is 1. The van der Waals surface area contributed by atoms with E-state index in [9.17, 15) is 4.79 Å². The van der Waals surface area contributed by atoms with Crippen LogP contribution in [0.5, 0.6) is 0 Å². The molecule has 0 spiro atoms. The first-order valence-corrected chi connectivity index (χ1v) is 5.98. The lowest BCUT2D eigenvalue weighted by Gasteiger charge is -2.15. The quantitative estimate of drug-likeness (QED) is 0.732. The van der Waals surface area contributed by atoms with Gasteiger partial charge in [0.2, 0.25) is 0 Å². The Labute approximate surface area is 102 Å². The summed E-state index contributed by atoms with van der Waals surface area (Å²) in [5.74, 6) is -0.0113. The predicted molar refractivity (Wildman–Crippen MR) is 64.5 cm³/mol. The van der Waals surface area contributed by atoms with Crippen molar-refractivity contribution in [2.75, 3.05) is 26.7 Å². The summed E-state index contributed by atoms with van der Waals surface area (Å²) in [6, 6.07) is 4.04. The van der Waals surface area contributed by atoms with Gasteiger partial charge in [0, 0.05) is 25.5 Å². The van der Waals surface area contributed by atoms with Crippen molar-refractivity contribution in [3.63, 3.8) is 0 Å². The van der Waals surface area contributed by atoms with Gasteiger partial charge < -0.3 is 9.64 Å². The Hall–Kier alpha value is -1.42. The van der Waals surface area contributed by atoms with Crippen LogP contribution in [0.25, 0.3) is 0 Å². The molecule has 0 aliphatic carbocycles. The maximum Gasteiger partial charge on any atom is 0.310 e. The molecule has 0 amide bonds. The molecule has 0 N–H and O–H groups in total. The van der Waals surface area contributed by atoms with Crippen molar-refractivity contribution in [1.82, 2.24) is 9.88 Å².